The summed E-state index contributed by atoms with van der Waals surface area (Å²) < 4.78 is 18.4. The quantitative estimate of drug-likeness (QED) is 0.682. The SMILES string of the molecule is CC(C)C(CC(=O)O)NC(=O)COCc1nc2ccc(F)cc2[nH]1. The summed E-state index contributed by atoms with van der Waals surface area (Å²) in [5, 5.41) is 11.5. The third-order valence-corrected chi connectivity index (χ3v) is 3.51. The molecule has 0 aliphatic carbocycles. The number of carbonyl (C=O) groups excluding carboxylic acids is 1. The Bertz CT molecular complexity index is 729. The van der Waals surface area contributed by atoms with Crippen molar-refractivity contribution in [2.75, 3.05) is 6.61 Å². The van der Waals surface area contributed by atoms with E-state index < -0.39 is 17.9 Å². The Morgan fingerprint density at radius 1 is 1.42 bits per heavy atom. The number of aliphatic carboxylic acids is 1. The van der Waals surface area contributed by atoms with E-state index in [2.05, 4.69) is 15.3 Å². The van der Waals surface area contributed by atoms with Crippen LogP contribution in [0.25, 0.3) is 11.0 Å². The van der Waals surface area contributed by atoms with E-state index in [0.717, 1.165) is 0 Å². The fourth-order valence-electron chi connectivity index (χ4n) is 2.23. The second-order valence-electron chi connectivity index (χ2n) is 5.85. The van der Waals surface area contributed by atoms with Gasteiger partial charge in [0.25, 0.3) is 0 Å². The summed E-state index contributed by atoms with van der Waals surface area (Å²) in [6.07, 6.45) is -0.140. The smallest absolute Gasteiger partial charge is 0.305 e. The molecule has 0 radical (unpaired) electrons. The van der Waals surface area contributed by atoms with Gasteiger partial charge in [0.05, 0.1) is 17.5 Å². The average molecular weight is 337 g/mol. The number of aromatic amines is 1. The Morgan fingerprint density at radius 2 is 2.17 bits per heavy atom. The fraction of sp³-hybridized carbons (Fsp3) is 0.438. The van der Waals surface area contributed by atoms with Crippen molar-refractivity contribution in [1.29, 1.82) is 0 Å². The number of hydrogen-bond acceptors (Lipinski definition) is 4. The van der Waals surface area contributed by atoms with Crippen molar-refractivity contribution < 1.29 is 23.8 Å². The molecule has 130 valence electrons. The number of carbonyl (C=O) groups is 2. The number of benzene rings is 1. The monoisotopic (exact) mass is 337 g/mol. The van der Waals surface area contributed by atoms with Gasteiger partial charge in [0.15, 0.2) is 0 Å². The standard InChI is InChI=1S/C16H20FN3O4/c1-9(2)12(6-16(22)23)20-15(21)8-24-7-14-18-11-4-3-10(17)5-13(11)19-14/h3-5,9,12H,6-8H2,1-2H3,(H,18,19)(H,20,21)(H,22,23). The number of aromatic nitrogens is 2. The Hall–Kier alpha value is -2.48. The predicted molar refractivity (Wildman–Crippen MR) is 84.7 cm³/mol. The maximum absolute atomic E-state index is 13.1. The summed E-state index contributed by atoms with van der Waals surface area (Å²) >= 11 is 0. The predicted octanol–water partition coefficient (Wildman–Crippen LogP) is 1.83. The molecule has 0 aliphatic rings. The second-order valence-corrected chi connectivity index (χ2v) is 5.85. The van der Waals surface area contributed by atoms with Gasteiger partial charge >= 0.3 is 5.97 Å². The van der Waals surface area contributed by atoms with Crippen molar-refractivity contribution in [3.8, 4) is 0 Å². The minimum Gasteiger partial charge on any atom is -0.481 e. The molecule has 0 saturated carbocycles. The third kappa shape index (κ3) is 5.02. The Balaban J connectivity index is 1.83. The summed E-state index contributed by atoms with van der Waals surface area (Å²) in [6, 6.07) is 3.75. The van der Waals surface area contributed by atoms with Crippen molar-refractivity contribution in [3.63, 3.8) is 0 Å². The largest absolute Gasteiger partial charge is 0.481 e. The molecule has 2 rings (SSSR count). The number of nitrogens with zero attached hydrogens (tertiary/aromatic N) is 1. The van der Waals surface area contributed by atoms with E-state index >= 15 is 0 Å². The zero-order valence-electron chi connectivity index (χ0n) is 13.5. The van der Waals surface area contributed by atoms with Gasteiger partial charge in [-0.15, -0.1) is 0 Å². The summed E-state index contributed by atoms with van der Waals surface area (Å²) in [5.41, 5.74) is 1.17. The molecule has 24 heavy (non-hydrogen) atoms. The number of nitrogens with one attached hydrogen (secondary N) is 2. The molecule has 1 amide bonds. The minimum atomic E-state index is -0.968. The number of rotatable bonds is 8. The van der Waals surface area contributed by atoms with Gasteiger partial charge in [-0.2, -0.15) is 0 Å². The molecular weight excluding hydrogens is 317 g/mol. The molecule has 7 nitrogen and oxygen atoms in total. The highest BCUT2D eigenvalue weighted by atomic mass is 19.1. The maximum Gasteiger partial charge on any atom is 0.305 e. The summed E-state index contributed by atoms with van der Waals surface area (Å²) in [7, 11) is 0. The first kappa shape index (κ1) is 17.9. The Morgan fingerprint density at radius 3 is 2.83 bits per heavy atom. The van der Waals surface area contributed by atoms with Crippen molar-refractivity contribution in [2.45, 2.75) is 32.9 Å². The Labute approximate surface area is 138 Å². The van der Waals surface area contributed by atoms with Gasteiger partial charge in [0.2, 0.25) is 5.91 Å². The third-order valence-electron chi connectivity index (χ3n) is 3.51. The number of carboxylic acids is 1. The number of amides is 1. The van der Waals surface area contributed by atoms with Crippen LogP contribution >= 0.6 is 0 Å². The molecule has 0 bridgehead atoms. The maximum atomic E-state index is 13.1. The van der Waals surface area contributed by atoms with Gasteiger partial charge in [-0.1, -0.05) is 13.8 Å². The molecular formula is C16H20FN3O4. The summed E-state index contributed by atoms with van der Waals surface area (Å²) in [4.78, 5) is 29.8. The van der Waals surface area contributed by atoms with E-state index in [1.807, 2.05) is 13.8 Å². The number of ether oxygens (including phenoxy) is 1. The Kier molecular flexibility index (Phi) is 5.86. The van der Waals surface area contributed by atoms with Crippen molar-refractivity contribution >= 4 is 22.9 Å². The number of carboxylic acid groups (broad SMARTS) is 1. The normalized spacial score (nSPS) is 12.5. The number of H-pyrrole nitrogens is 1. The second kappa shape index (κ2) is 7.87. The lowest BCUT2D eigenvalue weighted by molar-refractivity contribution is -0.138. The van der Waals surface area contributed by atoms with Gasteiger partial charge in [-0.3, -0.25) is 9.59 Å². The lowest BCUT2D eigenvalue weighted by Crippen LogP contribution is -2.41. The summed E-state index contributed by atoms with van der Waals surface area (Å²) in [6.45, 7) is 3.52. The number of imidazole rings is 1. The summed E-state index contributed by atoms with van der Waals surface area (Å²) in [5.74, 6) is -1.25. The first-order valence-electron chi connectivity index (χ1n) is 7.58. The van der Waals surface area contributed by atoms with Gasteiger partial charge in [0, 0.05) is 6.04 Å². The van der Waals surface area contributed by atoms with Gasteiger partial charge in [0.1, 0.15) is 24.9 Å². The highest BCUT2D eigenvalue weighted by Gasteiger charge is 2.19. The molecule has 8 heteroatoms. The molecule has 1 atom stereocenters. The van der Waals surface area contributed by atoms with Gasteiger partial charge < -0.3 is 20.1 Å². The van der Waals surface area contributed by atoms with Crippen LogP contribution in [0.1, 0.15) is 26.1 Å². The van der Waals surface area contributed by atoms with Crippen LogP contribution in [0.15, 0.2) is 18.2 Å². The van der Waals surface area contributed by atoms with Crippen LogP contribution in [0.2, 0.25) is 0 Å². The molecule has 2 aromatic rings. The number of halogens is 1. The van der Waals surface area contributed by atoms with Gasteiger partial charge in [-0.25, -0.2) is 9.37 Å². The average Bonchev–Trinajstić information content (AvgIpc) is 2.87. The van der Waals surface area contributed by atoms with Crippen molar-refractivity contribution in [2.24, 2.45) is 5.92 Å². The lowest BCUT2D eigenvalue weighted by atomic mass is 10.0. The lowest BCUT2D eigenvalue weighted by Gasteiger charge is -2.20. The van der Waals surface area contributed by atoms with E-state index in [1.165, 1.54) is 12.1 Å². The van der Waals surface area contributed by atoms with Crippen LogP contribution in [0.5, 0.6) is 0 Å². The zero-order valence-corrected chi connectivity index (χ0v) is 13.5. The zero-order chi connectivity index (χ0) is 17.7. The van der Waals surface area contributed by atoms with Gasteiger partial charge in [-0.05, 0) is 24.1 Å². The fourth-order valence-corrected chi connectivity index (χ4v) is 2.23. The minimum absolute atomic E-state index is 0.00433. The van der Waals surface area contributed by atoms with Crippen LogP contribution in [0.4, 0.5) is 4.39 Å². The van der Waals surface area contributed by atoms with Crippen LogP contribution in [-0.4, -0.2) is 39.6 Å². The van der Waals surface area contributed by atoms with E-state index in [4.69, 9.17) is 9.84 Å². The topological polar surface area (TPSA) is 104 Å². The molecule has 0 saturated heterocycles. The molecule has 1 unspecified atom stereocenters. The van der Waals surface area contributed by atoms with E-state index in [0.29, 0.717) is 16.9 Å². The van der Waals surface area contributed by atoms with E-state index in [9.17, 15) is 14.0 Å². The van der Waals surface area contributed by atoms with Crippen LogP contribution < -0.4 is 5.32 Å². The number of fused-ring (bicyclic) bond motifs is 1. The van der Waals surface area contributed by atoms with E-state index in [-0.39, 0.29) is 31.4 Å². The first-order valence-corrected chi connectivity index (χ1v) is 7.58. The molecule has 0 aliphatic heterocycles. The molecule has 1 aromatic carbocycles. The van der Waals surface area contributed by atoms with Crippen molar-refractivity contribution in [3.05, 3.63) is 29.8 Å². The molecule has 0 spiro atoms. The van der Waals surface area contributed by atoms with E-state index in [1.54, 1.807) is 6.07 Å². The molecule has 1 aromatic heterocycles. The van der Waals surface area contributed by atoms with Crippen LogP contribution in [0, 0.1) is 11.7 Å². The highest BCUT2D eigenvalue weighted by Crippen LogP contribution is 2.13. The highest BCUT2D eigenvalue weighted by molar-refractivity contribution is 5.78. The van der Waals surface area contributed by atoms with Crippen molar-refractivity contribution in [1.82, 2.24) is 15.3 Å². The molecule has 1 heterocycles. The molecule has 3 N–H and O–H groups in total. The van der Waals surface area contributed by atoms with Crippen LogP contribution in [-0.2, 0) is 20.9 Å². The number of hydrogen-bond donors (Lipinski definition) is 3. The van der Waals surface area contributed by atoms with Crippen LogP contribution in [0.3, 0.4) is 0 Å². The molecule has 0 fully saturated rings. The first-order chi connectivity index (χ1) is 11.3.